The van der Waals surface area contributed by atoms with Crippen molar-refractivity contribution >= 4 is 28.4 Å². The monoisotopic (exact) mass is 318 g/mol. The van der Waals surface area contributed by atoms with Crippen molar-refractivity contribution in [1.82, 2.24) is 10.3 Å². The average molecular weight is 318 g/mol. The van der Waals surface area contributed by atoms with Crippen molar-refractivity contribution in [3.63, 3.8) is 0 Å². The van der Waals surface area contributed by atoms with E-state index in [0.29, 0.717) is 5.13 Å². The Morgan fingerprint density at radius 3 is 2.73 bits per heavy atom. The lowest BCUT2D eigenvalue weighted by atomic mass is 10.0. The number of urea groups is 1. The normalized spacial score (nSPS) is 11.7. The van der Waals surface area contributed by atoms with Gasteiger partial charge < -0.3 is 16.4 Å². The number of carbonyl (C=O) groups is 2. The molecule has 6 nitrogen and oxygen atoms in total. The van der Waals surface area contributed by atoms with E-state index in [0.717, 1.165) is 16.8 Å². The smallest absolute Gasteiger partial charge is 0.312 e. The summed E-state index contributed by atoms with van der Waals surface area (Å²) in [7, 11) is 0. The Kier molecular flexibility index (Phi) is 5.11. The molecule has 7 heteroatoms. The molecule has 1 aromatic heterocycles. The third kappa shape index (κ3) is 4.56. The van der Waals surface area contributed by atoms with E-state index in [-0.39, 0.29) is 12.3 Å². The van der Waals surface area contributed by atoms with Crippen molar-refractivity contribution in [2.75, 3.05) is 5.32 Å². The van der Waals surface area contributed by atoms with Crippen molar-refractivity contribution in [1.29, 1.82) is 0 Å². The minimum atomic E-state index is -0.663. The van der Waals surface area contributed by atoms with Crippen molar-refractivity contribution in [2.45, 2.75) is 26.3 Å². The fraction of sp³-hybridized carbons (Fsp3) is 0.267. The zero-order valence-electron chi connectivity index (χ0n) is 12.4. The molecule has 116 valence electrons. The zero-order chi connectivity index (χ0) is 16.1. The quantitative estimate of drug-likeness (QED) is 0.790. The number of nitrogens with two attached hydrogens (primary N) is 1. The fourth-order valence-electron chi connectivity index (χ4n) is 2.08. The summed E-state index contributed by atoms with van der Waals surface area (Å²) < 4.78 is 0. The first-order valence-corrected chi connectivity index (χ1v) is 7.66. The van der Waals surface area contributed by atoms with Gasteiger partial charge in [-0.25, -0.2) is 9.78 Å². The Morgan fingerprint density at radius 2 is 2.14 bits per heavy atom. The Labute approximate surface area is 132 Å². The van der Waals surface area contributed by atoms with Crippen molar-refractivity contribution in [3.8, 4) is 0 Å². The molecule has 1 atom stereocenters. The number of hydrogen-bond acceptors (Lipinski definition) is 4. The first kappa shape index (κ1) is 16.0. The first-order valence-electron chi connectivity index (χ1n) is 6.78. The third-order valence-electron chi connectivity index (χ3n) is 3.02. The summed E-state index contributed by atoms with van der Waals surface area (Å²) in [5.74, 6) is -0.227. The molecule has 0 saturated carbocycles. The molecule has 0 unspecified atom stereocenters. The largest absolute Gasteiger partial charge is 0.352 e. The van der Waals surface area contributed by atoms with Gasteiger partial charge in [0.05, 0.1) is 18.2 Å². The number of aryl methyl sites for hydroxylation is 2. The molecule has 0 bridgehead atoms. The van der Waals surface area contributed by atoms with Crippen LogP contribution in [-0.4, -0.2) is 16.9 Å². The molecule has 22 heavy (non-hydrogen) atoms. The van der Waals surface area contributed by atoms with Crippen LogP contribution in [-0.2, 0) is 4.79 Å². The van der Waals surface area contributed by atoms with E-state index < -0.39 is 12.1 Å². The Bertz CT molecular complexity index is 684. The molecule has 0 aliphatic carbocycles. The van der Waals surface area contributed by atoms with Gasteiger partial charge in [0.15, 0.2) is 5.13 Å². The van der Waals surface area contributed by atoms with E-state index in [2.05, 4.69) is 15.6 Å². The van der Waals surface area contributed by atoms with E-state index in [4.69, 9.17) is 5.73 Å². The average Bonchev–Trinajstić information content (AvgIpc) is 2.82. The van der Waals surface area contributed by atoms with Crippen LogP contribution in [0.2, 0.25) is 0 Å². The van der Waals surface area contributed by atoms with Crippen LogP contribution >= 0.6 is 11.3 Å². The number of rotatable bonds is 5. The molecular formula is C15H18N4O2S. The molecule has 0 aliphatic heterocycles. The molecule has 4 N–H and O–H groups in total. The number of carbonyl (C=O) groups excluding carboxylic acids is 2. The van der Waals surface area contributed by atoms with Gasteiger partial charge in [-0.15, -0.1) is 11.3 Å². The predicted octanol–water partition coefficient (Wildman–Crippen LogP) is 2.50. The van der Waals surface area contributed by atoms with E-state index in [1.54, 1.807) is 0 Å². The Hall–Kier alpha value is -2.41. The van der Waals surface area contributed by atoms with Gasteiger partial charge in [0.25, 0.3) is 0 Å². The lowest BCUT2D eigenvalue weighted by molar-refractivity contribution is -0.116. The molecule has 1 aromatic carbocycles. The number of aromatic nitrogens is 1. The van der Waals surface area contributed by atoms with Gasteiger partial charge in [-0.3, -0.25) is 4.79 Å². The molecular weight excluding hydrogens is 300 g/mol. The van der Waals surface area contributed by atoms with E-state index in [1.807, 2.05) is 43.5 Å². The fourth-order valence-corrected chi connectivity index (χ4v) is 2.78. The van der Waals surface area contributed by atoms with Crippen molar-refractivity contribution < 1.29 is 9.59 Å². The third-order valence-corrected chi connectivity index (χ3v) is 3.89. The summed E-state index contributed by atoms with van der Waals surface area (Å²) in [5, 5.41) is 7.74. The molecule has 0 aliphatic rings. The predicted molar refractivity (Wildman–Crippen MR) is 86.7 cm³/mol. The Balaban J connectivity index is 2.09. The number of anilines is 1. The summed E-state index contributed by atoms with van der Waals surface area (Å²) in [6, 6.07) is 6.46. The summed E-state index contributed by atoms with van der Waals surface area (Å²) in [6.07, 6.45) is 0.0883. The number of nitrogens with one attached hydrogen (secondary N) is 2. The van der Waals surface area contributed by atoms with E-state index >= 15 is 0 Å². The second kappa shape index (κ2) is 7.04. The number of thiazole rings is 1. The lowest BCUT2D eigenvalue weighted by Crippen LogP contribution is -2.35. The Morgan fingerprint density at radius 1 is 1.36 bits per heavy atom. The van der Waals surface area contributed by atoms with Crippen LogP contribution in [0.25, 0.3) is 0 Å². The standard InChI is InChI=1S/C15H18N4O2S/c1-9-4-3-5-11(6-9)12(18-14(16)21)7-13(20)19-15-17-10(2)8-22-15/h3-6,8,12H,7H2,1-2H3,(H3,16,18,21)(H,17,19,20)/t12-/m0/s1. The van der Waals surface area contributed by atoms with Gasteiger partial charge in [0, 0.05) is 5.38 Å². The first-order chi connectivity index (χ1) is 10.4. The van der Waals surface area contributed by atoms with Gasteiger partial charge in [0.1, 0.15) is 0 Å². The highest BCUT2D eigenvalue weighted by atomic mass is 32.1. The maximum Gasteiger partial charge on any atom is 0.312 e. The van der Waals surface area contributed by atoms with Crippen LogP contribution < -0.4 is 16.4 Å². The van der Waals surface area contributed by atoms with Crippen LogP contribution in [0.3, 0.4) is 0 Å². The molecule has 0 fully saturated rings. The van der Waals surface area contributed by atoms with Crippen LogP contribution in [0.1, 0.15) is 29.3 Å². The summed E-state index contributed by atoms with van der Waals surface area (Å²) >= 11 is 1.36. The number of nitrogens with zero attached hydrogens (tertiary/aromatic N) is 1. The molecule has 0 radical (unpaired) electrons. The summed E-state index contributed by atoms with van der Waals surface area (Å²) in [5.41, 5.74) is 7.94. The van der Waals surface area contributed by atoms with E-state index in [9.17, 15) is 9.59 Å². The van der Waals surface area contributed by atoms with Crippen LogP contribution in [0.5, 0.6) is 0 Å². The van der Waals surface area contributed by atoms with Gasteiger partial charge in [-0.2, -0.15) is 0 Å². The van der Waals surface area contributed by atoms with Crippen LogP contribution in [0.15, 0.2) is 29.6 Å². The maximum absolute atomic E-state index is 12.1. The second-order valence-corrected chi connectivity index (χ2v) is 5.88. The van der Waals surface area contributed by atoms with Gasteiger partial charge in [-0.05, 0) is 19.4 Å². The molecule has 1 heterocycles. The summed E-state index contributed by atoms with van der Waals surface area (Å²) in [6.45, 7) is 3.81. The summed E-state index contributed by atoms with van der Waals surface area (Å²) in [4.78, 5) is 27.5. The minimum Gasteiger partial charge on any atom is -0.352 e. The van der Waals surface area contributed by atoms with Gasteiger partial charge >= 0.3 is 6.03 Å². The number of primary amides is 1. The van der Waals surface area contributed by atoms with Crippen molar-refractivity contribution in [2.24, 2.45) is 5.73 Å². The van der Waals surface area contributed by atoms with Crippen LogP contribution in [0, 0.1) is 13.8 Å². The van der Waals surface area contributed by atoms with Crippen molar-refractivity contribution in [3.05, 3.63) is 46.5 Å². The number of hydrogen-bond donors (Lipinski definition) is 3. The van der Waals surface area contributed by atoms with Crippen LogP contribution in [0.4, 0.5) is 9.93 Å². The molecule has 2 aromatic rings. The molecule has 2 rings (SSSR count). The highest BCUT2D eigenvalue weighted by Gasteiger charge is 2.18. The second-order valence-electron chi connectivity index (χ2n) is 5.02. The van der Waals surface area contributed by atoms with Gasteiger partial charge in [0.2, 0.25) is 5.91 Å². The van der Waals surface area contributed by atoms with E-state index in [1.165, 1.54) is 11.3 Å². The highest BCUT2D eigenvalue weighted by Crippen LogP contribution is 2.20. The van der Waals surface area contributed by atoms with Gasteiger partial charge in [-0.1, -0.05) is 29.8 Å². The number of benzene rings is 1. The SMILES string of the molecule is Cc1cccc([C@H](CC(=O)Nc2nc(C)cs2)NC(N)=O)c1. The molecule has 0 spiro atoms. The maximum atomic E-state index is 12.1. The minimum absolute atomic E-state index is 0.0883. The zero-order valence-corrected chi connectivity index (χ0v) is 13.2. The molecule has 3 amide bonds. The number of amides is 3. The topological polar surface area (TPSA) is 97.1 Å². The highest BCUT2D eigenvalue weighted by molar-refractivity contribution is 7.13. The molecule has 0 saturated heterocycles. The lowest BCUT2D eigenvalue weighted by Gasteiger charge is -2.17.